The standard InChI is InChI=1S/C22H26O10/c23-15-9-13(10-16(24)21(15)29)31-19(27)7-5-3-1-2-4-6-8-20(28)32-14-11-17(25)22(30)18(26)12-14/h9-12,23-26,29-30H,1-8H2. The van der Waals surface area contributed by atoms with Gasteiger partial charge in [-0.3, -0.25) is 9.59 Å². The number of unbranched alkanes of at least 4 members (excludes halogenated alkanes) is 5. The molecule has 0 fully saturated rings. The van der Waals surface area contributed by atoms with Crippen LogP contribution < -0.4 is 9.47 Å². The van der Waals surface area contributed by atoms with Crippen molar-refractivity contribution in [2.75, 3.05) is 0 Å². The number of rotatable bonds is 11. The largest absolute Gasteiger partial charge is 0.504 e. The smallest absolute Gasteiger partial charge is 0.311 e. The molecule has 0 spiro atoms. The molecule has 0 unspecified atom stereocenters. The summed E-state index contributed by atoms with van der Waals surface area (Å²) in [4.78, 5) is 23.6. The van der Waals surface area contributed by atoms with E-state index in [2.05, 4.69) is 0 Å². The number of benzene rings is 2. The summed E-state index contributed by atoms with van der Waals surface area (Å²) < 4.78 is 10.0. The third kappa shape index (κ3) is 7.46. The zero-order chi connectivity index (χ0) is 23.7. The van der Waals surface area contributed by atoms with E-state index in [1.54, 1.807) is 0 Å². The van der Waals surface area contributed by atoms with Crippen LogP contribution in [0.1, 0.15) is 51.4 Å². The SMILES string of the molecule is O=C(CCCCCCCCC(=O)Oc1cc(O)c(O)c(O)c1)Oc1cc(O)c(O)c(O)c1. The Labute approximate surface area is 183 Å². The highest BCUT2D eigenvalue weighted by molar-refractivity contribution is 5.73. The second kappa shape index (κ2) is 11.5. The third-order valence-electron chi connectivity index (χ3n) is 4.56. The predicted octanol–water partition coefficient (Wildman–Crippen LogP) is 3.55. The summed E-state index contributed by atoms with van der Waals surface area (Å²) in [5, 5.41) is 56.1. The van der Waals surface area contributed by atoms with E-state index < -0.39 is 46.4 Å². The van der Waals surface area contributed by atoms with Crippen molar-refractivity contribution in [1.82, 2.24) is 0 Å². The molecule has 2 rings (SSSR count). The fourth-order valence-electron chi connectivity index (χ4n) is 2.89. The van der Waals surface area contributed by atoms with Crippen molar-refractivity contribution in [3.63, 3.8) is 0 Å². The highest BCUT2D eigenvalue weighted by Gasteiger charge is 2.13. The maximum absolute atomic E-state index is 11.8. The van der Waals surface area contributed by atoms with Gasteiger partial charge in [-0.25, -0.2) is 0 Å². The minimum atomic E-state index is -0.683. The topological polar surface area (TPSA) is 174 Å². The van der Waals surface area contributed by atoms with Crippen LogP contribution in [0.5, 0.6) is 46.0 Å². The minimum absolute atomic E-state index is 0.0626. The zero-order valence-corrected chi connectivity index (χ0v) is 17.3. The number of ether oxygens (including phenoxy) is 2. The van der Waals surface area contributed by atoms with E-state index in [-0.39, 0.29) is 24.3 Å². The van der Waals surface area contributed by atoms with Gasteiger partial charge in [0.1, 0.15) is 11.5 Å². The van der Waals surface area contributed by atoms with Gasteiger partial charge >= 0.3 is 11.9 Å². The molecule has 0 atom stereocenters. The van der Waals surface area contributed by atoms with Crippen LogP contribution in [-0.2, 0) is 9.59 Å². The number of esters is 2. The van der Waals surface area contributed by atoms with E-state index in [4.69, 9.17) is 9.47 Å². The van der Waals surface area contributed by atoms with Gasteiger partial charge in [-0.1, -0.05) is 25.7 Å². The Hall–Kier alpha value is -3.82. The first-order valence-corrected chi connectivity index (χ1v) is 10.1. The van der Waals surface area contributed by atoms with Gasteiger partial charge < -0.3 is 40.1 Å². The fraction of sp³-hybridized carbons (Fsp3) is 0.364. The highest BCUT2D eigenvalue weighted by atomic mass is 16.5. The molecular formula is C22H26O10. The van der Waals surface area contributed by atoms with Crippen molar-refractivity contribution in [2.24, 2.45) is 0 Å². The number of carbonyl (C=O) groups is 2. The molecule has 0 bridgehead atoms. The average molecular weight is 450 g/mol. The molecule has 0 radical (unpaired) electrons. The molecule has 174 valence electrons. The van der Waals surface area contributed by atoms with E-state index in [9.17, 15) is 40.2 Å². The molecule has 0 aliphatic heterocycles. The van der Waals surface area contributed by atoms with E-state index in [1.807, 2.05) is 0 Å². The van der Waals surface area contributed by atoms with Crippen LogP contribution in [0.25, 0.3) is 0 Å². The predicted molar refractivity (Wildman–Crippen MR) is 111 cm³/mol. The Morgan fingerprint density at radius 3 is 1.12 bits per heavy atom. The van der Waals surface area contributed by atoms with Gasteiger partial charge in [0.15, 0.2) is 23.0 Å². The van der Waals surface area contributed by atoms with Crippen molar-refractivity contribution in [1.29, 1.82) is 0 Å². The van der Waals surface area contributed by atoms with Crippen LogP contribution >= 0.6 is 0 Å². The molecule has 6 N–H and O–H groups in total. The lowest BCUT2D eigenvalue weighted by atomic mass is 10.1. The van der Waals surface area contributed by atoms with Crippen LogP contribution in [0, 0.1) is 0 Å². The van der Waals surface area contributed by atoms with Crippen LogP contribution in [0.3, 0.4) is 0 Å². The van der Waals surface area contributed by atoms with Gasteiger partial charge in [0.2, 0.25) is 11.5 Å². The highest BCUT2D eigenvalue weighted by Crippen LogP contribution is 2.39. The van der Waals surface area contributed by atoms with Gasteiger partial charge in [-0.15, -0.1) is 0 Å². The summed E-state index contributed by atoms with van der Waals surface area (Å²) in [6, 6.07) is 4.13. The Kier molecular flexibility index (Phi) is 8.82. The van der Waals surface area contributed by atoms with E-state index >= 15 is 0 Å². The number of hydrogen-bond acceptors (Lipinski definition) is 10. The molecule has 0 aliphatic rings. The van der Waals surface area contributed by atoms with E-state index in [0.29, 0.717) is 12.8 Å². The molecule has 10 heteroatoms. The summed E-state index contributed by atoms with van der Waals surface area (Å²) in [7, 11) is 0. The van der Waals surface area contributed by atoms with Crippen molar-refractivity contribution >= 4 is 11.9 Å². The van der Waals surface area contributed by atoms with Crippen molar-refractivity contribution in [2.45, 2.75) is 51.4 Å². The molecule has 0 saturated carbocycles. The molecular weight excluding hydrogens is 424 g/mol. The average Bonchev–Trinajstić information content (AvgIpc) is 2.72. The lowest BCUT2D eigenvalue weighted by Crippen LogP contribution is -2.07. The van der Waals surface area contributed by atoms with Gasteiger partial charge in [0.25, 0.3) is 0 Å². The number of aromatic hydroxyl groups is 6. The molecule has 0 saturated heterocycles. The molecule has 32 heavy (non-hydrogen) atoms. The van der Waals surface area contributed by atoms with E-state index in [0.717, 1.165) is 49.9 Å². The Morgan fingerprint density at radius 1 is 0.531 bits per heavy atom. The van der Waals surface area contributed by atoms with Crippen molar-refractivity contribution in [3.05, 3.63) is 24.3 Å². The molecule has 0 aliphatic carbocycles. The maximum Gasteiger partial charge on any atom is 0.311 e. The summed E-state index contributed by atoms with van der Waals surface area (Å²) in [5.74, 6) is -4.89. The number of hydrogen-bond donors (Lipinski definition) is 6. The molecule has 0 amide bonds. The fourth-order valence-corrected chi connectivity index (χ4v) is 2.89. The summed E-state index contributed by atoms with van der Waals surface area (Å²) in [6.45, 7) is 0. The number of carbonyl (C=O) groups excluding carboxylic acids is 2. The Bertz CT molecular complexity index is 830. The first kappa shape index (κ1) is 24.4. The van der Waals surface area contributed by atoms with Crippen LogP contribution in [0.2, 0.25) is 0 Å². The van der Waals surface area contributed by atoms with Crippen LogP contribution in [0.4, 0.5) is 0 Å². The Morgan fingerprint density at radius 2 is 0.812 bits per heavy atom. The molecule has 0 aromatic heterocycles. The monoisotopic (exact) mass is 450 g/mol. The molecule has 0 heterocycles. The van der Waals surface area contributed by atoms with Gasteiger partial charge in [-0.2, -0.15) is 0 Å². The van der Waals surface area contributed by atoms with Gasteiger partial charge in [-0.05, 0) is 12.8 Å². The lowest BCUT2D eigenvalue weighted by Gasteiger charge is -2.07. The van der Waals surface area contributed by atoms with Crippen molar-refractivity contribution < 1.29 is 49.7 Å². The third-order valence-corrected chi connectivity index (χ3v) is 4.56. The number of phenols is 6. The van der Waals surface area contributed by atoms with Crippen LogP contribution in [-0.4, -0.2) is 42.6 Å². The lowest BCUT2D eigenvalue weighted by molar-refractivity contribution is -0.135. The summed E-state index contributed by atoms with van der Waals surface area (Å²) >= 11 is 0. The first-order chi connectivity index (χ1) is 15.2. The normalized spacial score (nSPS) is 10.6. The first-order valence-electron chi connectivity index (χ1n) is 10.1. The maximum atomic E-state index is 11.8. The van der Waals surface area contributed by atoms with Crippen molar-refractivity contribution in [3.8, 4) is 46.0 Å². The molecule has 2 aromatic carbocycles. The second-order valence-corrected chi connectivity index (χ2v) is 7.19. The molecule has 2 aromatic rings. The second-order valence-electron chi connectivity index (χ2n) is 7.19. The zero-order valence-electron chi connectivity index (χ0n) is 17.3. The quantitative estimate of drug-likeness (QED) is 0.129. The van der Waals surface area contributed by atoms with E-state index in [1.165, 1.54) is 0 Å². The summed E-state index contributed by atoms with van der Waals surface area (Å²) in [5.41, 5.74) is 0. The van der Waals surface area contributed by atoms with Gasteiger partial charge in [0.05, 0.1) is 0 Å². The Balaban J connectivity index is 1.55. The molecule has 10 nitrogen and oxygen atoms in total. The van der Waals surface area contributed by atoms with Gasteiger partial charge in [0, 0.05) is 37.1 Å². The summed E-state index contributed by atoms with van der Waals surface area (Å²) in [6.07, 6.45) is 4.73. The minimum Gasteiger partial charge on any atom is -0.504 e. The number of phenolic OH excluding ortho intramolecular Hbond substituents is 6. The van der Waals surface area contributed by atoms with Crippen LogP contribution in [0.15, 0.2) is 24.3 Å².